The molecule has 0 bridgehead atoms. The van der Waals surface area contributed by atoms with Crippen molar-refractivity contribution >= 4 is 45.6 Å². The smallest absolute Gasteiger partial charge is 0.145 e. The highest BCUT2D eigenvalue weighted by Gasteiger charge is 2.20. The Morgan fingerprint density at radius 3 is 2.72 bits per heavy atom. The number of fused-ring (bicyclic) bond motifs is 1. The second-order valence-corrected chi connectivity index (χ2v) is 7.64. The number of halogens is 3. The van der Waals surface area contributed by atoms with Crippen LogP contribution in [0, 0.1) is 5.82 Å². The molecule has 1 aliphatic rings. The van der Waals surface area contributed by atoms with E-state index in [9.17, 15) is 4.39 Å². The Morgan fingerprint density at radius 1 is 1.14 bits per heavy atom. The van der Waals surface area contributed by atoms with Crippen molar-refractivity contribution in [2.45, 2.75) is 31.8 Å². The second-order valence-electron chi connectivity index (χ2n) is 6.85. The number of anilines is 2. The minimum absolute atomic E-state index is 0.0348. The van der Waals surface area contributed by atoms with E-state index in [1.54, 1.807) is 6.07 Å². The maximum absolute atomic E-state index is 13.5. The Morgan fingerprint density at radius 2 is 1.97 bits per heavy atom. The highest BCUT2D eigenvalue weighted by atomic mass is 35.5. The van der Waals surface area contributed by atoms with E-state index in [-0.39, 0.29) is 11.1 Å². The first-order valence-corrected chi connectivity index (χ1v) is 10.4. The van der Waals surface area contributed by atoms with Gasteiger partial charge in [0, 0.05) is 17.8 Å². The molecule has 4 rings (SSSR count). The van der Waals surface area contributed by atoms with Gasteiger partial charge < -0.3 is 14.8 Å². The van der Waals surface area contributed by atoms with Gasteiger partial charge in [0.1, 0.15) is 36.1 Å². The lowest BCUT2D eigenvalue weighted by molar-refractivity contribution is 0.211. The fraction of sp³-hybridized carbons (Fsp3) is 0.333. The van der Waals surface area contributed by atoms with Gasteiger partial charge in [-0.05, 0) is 43.9 Å². The molecule has 0 atom stereocenters. The molecular formula is C21H20Cl2FN3O2. The fourth-order valence-corrected chi connectivity index (χ4v) is 3.71. The van der Waals surface area contributed by atoms with Gasteiger partial charge in [-0.15, -0.1) is 11.6 Å². The molecule has 0 radical (unpaired) electrons. The third-order valence-electron chi connectivity index (χ3n) is 4.80. The summed E-state index contributed by atoms with van der Waals surface area (Å²) in [6, 6.07) is 8.10. The molecule has 152 valence electrons. The van der Waals surface area contributed by atoms with E-state index in [0.29, 0.717) is 41.0 Å². The monoisotopic (exact) mass is 435 g/mol. The molecule has 1 heterocycles. The topological polar surface area (TPSA) is 56.3 Å². The lowest BCUT2D eigenvalue weighted by Crippen LogP contribution is -2.12. The SMILES string of the molecule is Fc1ccc(Nc2ncnc3cc(OCCCl)cc(OC4CCCC4)c23)cc1Cl. The van der Waals surface area contributed by atoms with Gasteiger partial charge in [-0.3, -0.25) is 0 Å². The Balaban J connectivity index is 1.75. The van der Waals surface area contributed by atoms with Gasteiger partial charge in [0.2, 0.25) is 0 Å². The molecule has 1 aliphatic carbocycles. The van der Waals surface area contributed by atoms with E-state index in [2.05, 4.69) is 15.3 Å². The van der Waals surface area contributed by atoms with Crippen molar-refractivity contribution in [3.8, 4) is 11.5 Å². The molecule has 1 aromatic heterocycles. The van der Waals surface area contributed by atoms with Crippen LogP contribution in [0.4, 0.5) is 15.9 Å². The summed E-state index contributed by atoms with van der Waals surface area (Å²) in [6.45, 7) is 0.389. The molecule has 2 aromatic carbocycles. The van der Waals surface area contributed by atoms with Crippen molar-refractivity contribution < 1.29 is 13.9 Å². The maximum Gasteiger partial charge on any atom is 0.145 e. The summed E-state index contributed by atoms with van der Waals surface area (Å²) in [5, 5.41) is 3.97. The van der Waals surface area contributed by atoms with Gasteiger partial charge in [0.15, 0.2) is 0 Å². The van der Waals surface area contributed by atoms with Crippen molar-refractivity contribution in [3.63, 3.8) is 0 Å². The molecule has 29 heavy (non-hydrogen) atoms. The van der Waals surface area contributed by atoms with E-state index in [1.165, 1.54) is 18.5 Å². The normalized spacial score (nSPS) is 14.3. The zero-order valence-electron chi connectivity index (χ0n) is 15.6. The minimum Gasteiger partial charge on any atom is -0.492 e. The van der Waals surface area contributed by atoms with Crippen LogP contribution in [-0.2, 0) is 0 Å². The fourth-order valence-electron chi connectivity index (χ4n) is 3.45. The molecule has 0 spiro atoms. The summed E-state index contributed by atoms with van der Waals surface area (Å²) in [6.07, 6.45) is 5.94. The average molecular weight is 436 g/mol. The summed E-state index contributed by atoms with van der Waals surface area (Å²) in [5.41, 5.74) is 1.29. The Hall–Kier alpha value is -2.31. The van der Waals surface area contributed by atoms with Crippen LogP contribution in [0.25, 0.3) is 10.9 Å². The van der Waals surface area contributed by atoms with Gasteiger partial charge in [-0.1, -0.05) is 11.6 Å². The minimum atomic E-state index is -0.476. The summed E-state index contributed by atoms with van der Waals surface area (Å²) in [5.74, 6) is 1.75. The van der Waals surface area contributed by atoms with Crippen molar-refractivity contribution in [2.24, 2.45) is 0 Å². The van der Waals surface area contributed by atoms with Gasteiger partial charge in [-0.25, -0.2) is 14.4 Å². The first-order valence-electron chi connectivity index (χ1n) is 9.50. The summed E-state index contributed by atoms with van der Waals surface area (Å²) >= 11 is 11.7. The maximum atomic E-state index is 13.5. The number of aromatic nitrogens is 2. The molecule has 0 unspecified atom stereocenters. The van der Waals surface area contributed by atoms with Crippen molar-refractivity contribution in [1.29, 1.82) is 0 Å². The summed E-state index contributed by atoms with van der Waals surface area (Å²) in [4.78, 5) is 8.77. The number of hydrogen-bond donors (Lipinski definition) is 1. The molecular weight excluding hydrogens is 416 g/mol. The van der Waals surface area contributed by atoms with Crippen LogP contribution in [-0.4, -0.2) is 28.6 Å². The van der Waals surface area contributed by atoms with Gasteiger partial charge in [0.05, 0.1) is 27.9 Å². The Labute approximate surface area is 178 Å². The van der Waals surface area contributed by atoms with Crippen LogP contribution in [0.1, 0.15) is 25.7 Å². The molecule has 5 nitrogen and oxygen atoms in total. The Kier molecular flexibility index (Phi) is 6.21. The third-order valence-corrected chi connectivity index (χ3v) is 5.24. The second kappa shape index (κ2) is 9.01. The standard InChI is InChI=1S/C21H20Cl2FN3O2/c22-7-8-28-15-10-18-20(19(11-15)29-14-3-1-2-4-14)21(26-12-25-18)27-13-5-6-17(24)16(23)9-13/h5-6,9-12,14H,1-4,7-8H2,(H,25,26,27). The van der Waals surface area contributed by atoms with Crippen LogP contribution in [0.5, 0.6) is 11.5 Å². The highest BCUT2D eigenvalue weighted by Crippen LogP contribution is 2.38. The molecule has 0 saturated heterocycles. The number of ether oxygens (including phenoxy) is 2. The number of nitrogens with zero attached hydrogens (tertiary/aromatic N) is 2. The summed E-state index contributed by atoms with van der Waals surface area (Å²) < 4.78 is 25.5. The van der Waals surface area contributed by atoms with Gasteiger partial charge >= 0.3 is 0 Å². The molecule has 0 amide bonds. The number of hydrogen-bond acceptors (Lipinski definition) is 5. The van der Waals surface area contributed by atoms with Gasteiger partial charge in [-0.2, -0.15) is 0 Å². The predicted molar refractivity (Wildman–Crippen MR) is 113 cm³/mol. The van der Waals surface area contributed by atoms with Crippen molar-refractivity contribution in [1.82, 2.24) is 9.97 Å². The average Bonchev–Trinajstić information content (AvgIpc) is 3.22. The van der Waals surface area contributed by atoms with Gasteiger partial charge in [0.25, 0.3) is 0 Å². The number of benzene rings is 2. The number of rotatable bonds is 7. The largest absolute Gasteiger partial charge is 0.492 e. The van der Waals surface area contributed by atoms with Crippen LogP contribution in [0.3, 0.4) is 0 Å². The number of nitrogens with one attached hydrogen (secondary N) is 1. The van der Waals surface area contributed by atoms with Crippen LogP contribution in [0.2, 0.25) is 5.02 Å². The first-order chi connectivity index (χ1) is 14.1. The predicted octanol–water partition coefficient (Wildman–Crippen LogP) is 6.10. The van der Waals surface area contributed by atoms with E-state index in [0.717, 1.165) is 31.1 Å². The molecule has 3 aromatic rings. The summed E-state index contributed by atoms with van der Waals surface area (Å²) in [7, 11) is 0. The van der Waals surface area contributed by atoms with Crippen LogP contribution < -0.4 is 14.8 Å². The molecule has 1 saturated carbocycles. The van der Waals surface area contributed by atoms with E-state index >= 15 is 0 Å². The van der Waals surface area contributed by atoms with Crippen LogP contribution >= 0.6 is 23.2 Å². The molecule has 0 aliphatic heterocycles. The first kappa shape index (κ1) is 20.0. The highest BCUT2D eigenvalue weighted by molar-refractivity contribution is 6.31. The molecule has 1 fully saturated rings. The van der Waals surface area contributed by atoms with E-state index in [4.69, 9.17) is 32.7 Å². The zero-order chi connectivity index (χ0) is 20.2. The van der Waals surface area contributed by atoms with Crippen LogP contribution in [0.15, 0.2) is 36.7 Å². The quantitative estimate of drug-likeness (QED) is 0.454. The van der Waals surface area contributed by atoms with Crippen molar-refractivity contribution in [3.05, 3.63) is 47.5 Å². The number of alkyl halides is 1. The lowest BCUT2D eigenvalue weighted by Gasteiger charge is -2.18. The zero-order valence-corrected chi connectivity index (χ0v) is 17.1. The molecule has 8 heteroatoms. The molecule has 1 N–H and O–H groups in total. The van der Waals surface area contributed by atoms with E-state index < -0.39 is 5.82 Å². The lowest BCUT2D eigenvalue weighted by atomic mass is 10.2. The van der Waals surface area contributed by atoms with E-state index in [1.807, 2.05) is 12.1 Å². The van der Waals surface area contributed by atoms with Crippen molar-refractivity contribution in [2.75, 3.05) is 17.8 Å². The third kappa shape index (κ3) is 4.65. The Bertz CT molecular complexity index is 1010.